The molecule has 247 valence electrons. The van der Waals surface area contributed by atoms with E-state index in [1.165, 1.54) is 45.3 Å². The van der Waals surface area contributed by atoms with Gasteiger partial charge in [0.25, 0.3) is 0 Å². The predicted molar refractivity (Wildman–Crippen MR) is 191 cm³/mol. The normalized spacial score (nSPS) is 17.8. The molecule has 5 rings (SSSR count). The zero-order valence-electron chi connectivity index (χ0n) is 28.5. The molecule has 4 aromatic carbocycles. The minimum absolute atomic E-state index is 0.0112. The molecule has 0 aliphatic carbocycles. The number of nitro groups is 1. The van der Waals surface area contributed by atoms with Gasteiger partial charge in [0.05, 0.1) is 0 Å². The number of nitro benzene ring substituents is 1. The fraction of sp³-hybridized carbons (Fsp3) is 0.385. The Kier molecular flexibility index (Phi) is 11.5. The Balaban J connectivity index is 0.000000254. The topological polar surface area (TPSA) is 55.6 Å². The maximum absolute atomic E-state index is 10.6. The van der Waals surface area contributed by atoms with Crippen molar-refractivity contribution in [3.63, 3.8) is 0 Å². The molecule has 0 radical (unpaired) electrons. The van der Waals surface area contributed by atoms with E-state index >= 15 is 0 Å². The predicted octanol–water partition coefficient (Wildman–Crippen LogP) is 11.0. The molecule has 1 atom stereocenters. The molecule has 1 aliphatic heterocycles. The van der Waals surface area contributed by atoms with E-state index in [1.807, 2.05) is 13.8 Å². The van der Waals surface area contributed by atoms with E-state index in [1.54, 1.807) is 10.7 Å². The zero-order chi connectivity index (χ0) is 33.8. The quantitative estimate of drug-likeness (QED) is 0.0785. The molecular weight excluding hydrogens is 681 g/mol. The summed E-state index contributed by atoms with van der Waals surface area (Å²) in [6.45, 7) is 22.8. The summed E-state index contributed by atoms with van der Waals surface area (Å²) in [5.41, 5.74) is 6.54. The van der Waals surface area contributed by atoms with E-state index < -0.39 is 20.6 Å². The first-order chi connectivity index (χ1) is 21.7. The average molecular weight is 728 g/mol. The van der Waals surface area contributed by atoms with Gasteiger partial charge in [0.2, 0.25) is 0 Å². The van der Waals surface area contributed by atoms with Gasteiger partial charge in [0, 0.05) is 11.2 Å². The van der Waals surface area contributed by atoms with E-state index in [-0.39, 0.29) is 22.7 Å². The number of halogens is 1. The van der Waals surface area contributed by atoms with Crippen LogP contribution in [0.4, 0.5) is 11.4 Å². The van der Waals surface area contributed by atoms with Crippen LogP contribution >= 0.6 is 9.69 Å². The van der Waals surface area contributed by atoms with Crippen LogP contribution in [-0.2, 0) is 21.1 Å². The van der Waals surface area contributed by atoms with Gasteiger partial charge in [-0.2, -0.15) is 0 Å². The van der Waals surface area contributed by atoms with Crippen LogP contribution in [0, 0.1) is 16.7 Å². The molecule has 0 bridgehead atoms. The second-order valence-corrected chi connectivity index (χ2v) is 15.6. The number of rotatable bonds is 8. The van der Waals surface area contributed by atoms with Crippen LogP contribution in [0.5, 0.6) is 5.75 Å². The van der Waals surface area contributed by atoms with Gasteiger partial charge >= 0.3 is 105 Å². The van der Waals surface area contributed by atoms with Crippen LogP contribution in [-0.4, -0.2) is 21.2 Å². The molecule has 0 N–H and O–H groups in total. The third-order valence-electron chi connectivity index (χ3n) is 8.57. The number of hydrogen-bond acceptors (Lipinski definition) is 4. The molecule has 7 heteroatoms. The van der Waals surface area contributed by atoms with Crippen LogP contribution in [0.25, 0.3) is 10.8 Å². The van der Waals surface area contributed by atoms with Gasteiger partial charge in [0.15, 0.2) is 0 Å². The Bertz CT molecular complexity index is 1680. The number of para-hydroxylation sites is 1. The second-order valence-electron chi connectivity index (χ2n) is 13.9. The van der Waals surface area contributed by atoms with Crippen molar-refractivity contribution >= 4 is 36.4 Å². The number of nitrogens with zero attached hydrogens (tertiary/aromatic N) is 2. The molecule has 0 aromatic heterocycles. The van der Waals surface area contributed by atoms with Crippen molar-refractivity contribution < 1.29 is 25.3 Å². The van der Waals surface area contributed by atoms with E-state index in [4.69, 9.17) is 14.4 Å². The van der Waals surface area contributed by atoms with Crippen molar-refractivity contribution in [3.8, 4) is 5.75 Å². The Labute approximate surface area is 286 Å². The third kappa shape index (κ3) is 7.89. The third-order valence-corrected chi connectivity index (χ3v) is 9.76. The van der Waals surface area contributed by atoms with Gasteiger partial charge in [-0.3, -0.25) is 0 Å². The molecule has 46 heavy (non-hydrogen) atoms. The average Bonchev–Trinajstić information content (AvgIpc) is 3.26. The van der Waals surface area contributed by atoms with Crippen molar-refractivity contribution in [1.82, 2.24) is 0 Å². The number of benzene rings is 4. The summed E-state index contributed by atoms with van der Waals surface area (Å²) in [5, 5.41) is 13.3. The van der Waals surface area contributed by atoms with Crippen molar-refractivity contribution in [3.05, 3.63) is 118 Å². The van der Waals surface area contributed by atoms with Crippen molar-refractivity contribution in [2.45, 2.75) is 97.6 Å². The minimum atomic E-state index is -0.440. The van der Waals surface area contributed by atoms with E-state index in [2.05, 4.69) is 121 Å². The molecule has 0 saturated carbocycles. The number of non-ortho nitro benzene ring substituents is 1. The first kappa shape index (κ1) is 35.8. The maximum Gasteiger partial charge on any atom is 0.0145 e. The summed E-state index contributed by atoms with van der Waals surface area (Å²) < 4.78 is 7.31. The summed E-state index contributed by atoms with van der Waals surface area (Å²) in [5.74, 6) is 1.62. The SMILES string of the molecule is CC(C)Oc1ccc([N+](=O)[O-])cc1[CH]=[Ru][Cl].CC(C)c1cccc(C(C)C)c1N1[CH-]C(C)(c2cccc3ccccc23)CC1(C)C. The number of ether oxygens (including phenoxy) is 1. The first-order valence-corrected chi connectivity index (χ1v) is 19.2. The molecule has 1 unspecified atom stereocenters. The van der Waals surface area contributed by atoms with Crippen molar-refractivity contribution in [2.75, 3.05) is 4.90 Å². The molecule has 1 aliphatic rings. The van der Waals surface area contributed by atoms with E-state index in [9.17, 15) is 10.1 Å². The van der Waals surface area contributed by atoms with Crippen LogP contribution in [0.15, 0.2) is 78.9 Å². The number of hydrogen-bond donors (Lipinski definition) is 0. The minimum Gasteiger partial charge on any atom is -0.517 e. The molecule has 0 amide bonds. The molecule has 5 nitrogen and oxygen atoms in total. The molecular formula is C39H47ClN2O3Ru-. The summed E-state index contributed by atoms with van der Waals surface area (Å²) in [6.07, 6.45) is 1.12. The van der Waals surface area contributed by atoms with Crippen LogP contribution in [0.2, 0.25) is 0 Å². The fourth-order valence-corrected chi connectivity index (χ4v) is 7.75. The van der Waals surface area contributed by atoms with E-state index in [0.29, 0.717) is 23.1 Å². The maximum atomic E-state index is 10.6. The van der Waals surface area contributed by atoms with Crippen LogP contribution < -0.4 is 9.64 Å². The number of anilines is 1. The summed E-state index contributed by atoms with van der Waals surface area (Å²) in [7, 11) is 5.69. The number of fused-ring (bicyclic) bond motifs is 1. The first-order valence-electron chi connectivity index (χ1n) is 16.0. The molecule has 1 heterocycles. The monoisotopic (exact) mass is 728 g/mol. The Hall–Kier alpha value is -3.08. The van der Waals surface area contributed by atoms with E-state index in [0.717, 1.165) is 6.42 Å². The summed E-state index contributed by atoms with van der Waals surface area (Å²) in [6, 6.07) is 27.0. The van der Waals surface area contributed by atoms with Gasteiger partial charge in [0.1, 0.15) is 0 Å². The molecule has 1 fully saturated rings. The van der Waals surface area contributed by atoms with Gasteiger partial charge in [-0.05, 0) is 54.0 Å². The summed E-state index contributed by atoms with van der Waals surface area (Å²) in [4.78, 5) is 12.8. The van der Waals surface area contributed by atoms with Gasteiger partial charge < -0.3 is 4.90 Å². The second kappa shape index (κ2) is 14.8. The Morgan fingerprint density at radius 2 is 1.52 bits per heavy atom. The fourth-order valence-electron chi connectivity index (χ4n) is 6.67. The standard InChI is InChI=1S/C29H36N.C10H11NO3.ClH.Ru/c1-20(2)23-15-11-16-24(21(3)4)27(23)30-19-29(7,18-28(30,5)6)26-17-10-13-22-12-8-9-14-25(22)26;1-7(2)14-10-5-4-9(11(12)13)6-8(10)3;;/h8-17,19-21H,18H2,1-7H3;3-7H,1-2H3;1H;/q-1;;;+1/p-1. The Morgan fingerprint density at radius 1 is 0.913 bits per heavy atom. The van der Waals surface area contributed by atoms with Gasteiger partial charge in [-0.1, -0.05) is 101 Å². The van der Waals surface area contributed by atoms with Crippen molar-refractivity contribution in [1.29, 1.82) is 0 Å². The molecule has 4 aromatic rings. The Morgan fingerprint density at radius 3 is 2.11 bits per heavy atom. The molecule has 0 spiro atoms. The largest absolute Gasteiger partial charge is 0.517 e. The van der Waals surface area contributed by atoms with Gasteiger partial charge in [-0.15, -0.1) is 5.41 Å². The molecule has 1 saturated heterocycles. The van der Waals surface area contributed by atoms with Crippen LogP contribution in [0.3, 0.4) is 0 Å². The van der Waals surface area contributed by atoms with Crippen molar-refractivity contribution in [2.24, 2.45) is 0 Å². The smallest absolute Gasteiger partial charge is 0.0145 e. The van der Waals surface area contributed by atoms with Crippen LogP contribution in [0.1, 0.15) is 103 Å². The zero-order valence-corrected chi connectivity index (χ0v) is 30.9. The summed E-state index contributed by atoms with van der Waals surface area (Å²) >= 11 is -0.440. The van der Waals surface area contributed by atoms with Gasteiger partial charge in [-0.25, -0.2) is 6.54 Å².